The highest BCUT2D eigenvalue weighted by Crippen LogP contribution is 2.36. The number of piperidine rings is 1. The molecule has 0 unspecified atom stereocenters. The van der Waals surface area contributed by atoms with Gasteiger partial charge in [0.25, 0.3) is 5.91 Å². The number of ether oxygens (including phenoxy) is 1. The normalized spacial score (nSPS) is 25.0. The van der Waals surface area contributed by atoms with Crippen LogP contribution in [-0.2, 0) is 0 Å². The molecule has 1 N–H and O–H groups in total. The van der Waals surface area contributed by atoms with Gasteiger partial charge in [0.2, 0.25) is 0 Å². The number of methoxy groups -OCH3 is 1. The molecule has 0 aliphatic carbocycles. The summed E-state index contributed by atoms with van der Waals surface area (Å²) in [5, 5.41) is 3.57. The number of carbonyl (C=O) groups is 1. The zero-order valence-electron chi connectivity index (χ0n) is 14.8. The summed E-state index contributed by atoms with van der Waals surface area (Å²) in [5.41, 5.74) is 1.67. The second-order valence-corrected chi connectivity index (χ2v) is 7.00. The van der Waals surface area contributed by atoms with Gasteiger partial charge in [-0.3, -0.25) is 4.79 Å². The summed E-state index contributed by atoms with van der Waals surface area (Å²) < 4.78 is 18.7. The zero-order valence-corrected chi connectivity index (χ0v) is 14.8. The van der Waals surface area contributed by atoms with Gasteiger partial charge in [-0.1, -0.05) is 24.3 Å². The molecule has 0 spiro atoms. The van der Waals surface area contributed by atoms with Crippen molar-refractivity contribution >= 4 is 5.91 Å². The van der Waals surface area contributed by atoms with Gasteiger partial charge in [0.05, 0.1) is 18.7 Å². The van der Waals surface area contributed by atoms with Crippen molar-refractivity contribution in [1.82, 2.24) is 10.2 Å². The van der Waals surface area contributed by atoms with E-state index in [0.29, 0.717) is 11.3 Å². The van der Waals surface area contributed by atoms with Gasteiger partial charge < -0.3 is 15.0 Å². The third-order valence-electron chi connectivity index (χ3n) is 5.59. The minimum Gasteiger partial charge on any atom is -0.496 e. The fraction of sp³-hybridized carbons (Fsp3) is 0.381. The second kappa shape index (κ2) is 7.08. The SMILES string of the molecule is COc1ccccc1C(=O)N1CCC[C@H]2NC[C@H](c3ccc(F)cc3)[C@H]21. The number of carbonyl (C=O) groups excluding carboxylic acids is 1. The highest BCUT2D eigenvalue weighted by atomic mass is 19.1. The molecule has 2 aromatic rings. The molecule has 1 amide bonds. The average Bonchev–Trinajstić information content (AvgIpc) is 3.12. The molecule has 5 heteroatoms. The van der Waals surface area contributed by atoms with Crippen molar-refractivity contribution in [2.45, 2.75) is 30.8 Å². The summed E-state index contributed by atoms with van der Waals surface area (Å²) in [6, 6.07) is 14.4. The first-order valence-corrected chi connectivity index (χ1v) is 9.12. The predicted molar refractivity (Wildman–Crippen MR) is 98.0 cm³/mol. The molecule has 2 aliphatic heterocycles. The molecule has 0 bridgehead atoms. The van der Waals surface area contributed by atoms with Crippen LogP contribution in [-0.4, -0.2) is 43.1 Å². The smallest absolute Gasteiger partial charge is 0.257 e. The number of benzene rings is 2. The Hall–Kier alpha value is -2.40. The molecule has 2 aromatic carbocycles. The Balaban J connectivity index is 1.66. The Kier molecular flexibility index (Phi) is 4.64. The number of nitrogens with one attached hydrogen (secondary N) is 1. The van der Waals surface area contributed by atoms with Gasteiger partial charge in [0.15, 0.2) is 0 Å². The topological polar surface area (TPSA) is 41.6 Å². The van der Waals surface area contributed by atoms with Gasteiger partial charge in [-0.15, -0.1) is 0 Å². The van der Waals surface area contributed by atoms with E-state index >= 15 is 0 Å². The number of fused-ring (bicyclic) bond motifs is 1. The number of halogens is 1. The largest absolute Gasteiger partial charge is 0.496 e. The van der Waals surface area contributed by atoms with Crippen LogP contribution in [0.3, 0.4) is 0 Å². The molecule has 2 saturated heterocycles. The molecule has 4 nitrogen and oxygen atoms in total. The number of hydrogen-bond donors (Lipinski definition) is 1. The van der Waals surface area contributed by atoms with Crippen LogP contribution in [0.15, 0.2) is 48.5 Å². The first-order valence-electron chi connectivity index (χ1n) is 9.12. The van der Waals surface area contributed by atoms with Crippen molar-refractivity contribution in [3.05, 3.63) is 65.5 Å². The lowest BCUT2D eigenvalue weighted by Gasteiger charge is -2.40. The molecule has 2 fully saturated rings. The first-order chi connectivity index (χ1) is 12.7. The fourth-order valence-electron chi connectivity index (χ4n) is 4.38. The maximum atomic E-state index is 13.3. The molecule has 0 aromatic heterocycles. The van der Waals surface area contributed by atoms with Crippen molar-refractivity contribution in [1.29, 1.82) is 0 Å². The van der Waals surface area contributed by atoms with Gasteiger partial charge >= 0.3 is 0 Å². The van der Waals surface area contributed by atoms with Gasteiger partial charge in [-0.05, 0) is 42.7 Å². The first kappa shape index (κ1) is 17.0. The summed E-state index contributed by atoms with van der Waals surface area (Å²) in [6.45, 7) is 1.54. The molecule has 0 saturated carbocycles. The Morgan fingerprint density at radius 2 is 1.96 bits per heavy atom. The van der Waals surface area contributed by atoms with E-state index in [1.54, 1.807) is 7.11 Å². The maximum absolute atomic E-state index is 13.3. The van der Waals surface area contributed by atoms with E-state index < -0.39 is 0 Å². The Bertz CT molecular complexity index is 793. The molecule has 26 heavy (non-hydrogen) atoms. The molecule has 136 valence electrons. The fourth-order valence-corrected chi connectivity index (χ4v) is 4.38. The summed E-state index contributed by atoms with van der Waals surface area (Å²) in [7, 11) is 1.59. The monoisotopic (exact) mass is 354 g/mol. The van der Waals surface area contributed by atoms with Crippen molar-refractivity contribution < 1.29 is 13.9 Å². The number of amides is 1. The maximum Gasteiger partial charge on any atom is 0.257 e. The number of likely N-dealkylation sites (tertiary alicyclic amines) is 1. The predicted octanol–water partition coefficient (Wildman–Crippen LogP) is 3.19. The van der Waals surface area contributed by atoms with Gasteiger partial charge in [-0.2, -0.15) is 0 Å². The van der Waals surface area contributed by atoms with Crippen LogP contribution in [0.5, 0.6) is 5.75 Å². The lowest BCUT2D eigenvalue weighted by atomic mass is 9.85. The van der Waals surface area contributed by atoms with Crippen LogP contribution in [0.4, 0.5) is 4.39 Å². The Morgan fingerprint density at radius 3 is 2.73 bits per heavy atom. The molecular formula is C21H23FN2O2. The van der Waals surface area contributed by atoms with E-state index in [2.05, 4.69) is 5.32 Å². The van der Waals surface area contributed by atoms with Crippen LogP contribution in [0.2, 0.25) is 0 Å². The highest BCUT2D eigenvalue weighted by molar-refractivity contribution is 5.97. The van der Waals surface area contributed by atoms with Crippen LogP contribution in [0.1, 0.15) is 34.7 Å². The van der Waals surface area contributed by atoms with Crippen LogP contribution < -0.4 is 10.1 Å². The van der Waals surface area contributed by atoms with E-state index in [0.717, 1.165) is 31.5 Å². The summed E-state index contributed by atoms with van der Waals surface area (Å²) >= 11 is 0. The van der Waals surface area contributed by atoms with Crippen molar-refractivity contribution in [2.24, 2.45) is 0 Å². The van der Waals surface area contributed by atoms with E-state index in [-0.39, 0.29) is 29.7 Å². The van der Waals surface area contributed by atoms with Crippen LogP contribution in [0, 0.1) is 5.82 Å². The third kappa shape index (κ3) is 2.97. The average molecular weight is 354 g/mol. The standard InChI is InChI=1S/C21H23FN2O2/c1-26-19-7-3-2-5-16(19)21(25)24-12-4-6-18-20(24)17(13-23-18)14-8-10-15(22)11-9-14/h2-3,5,7-11,17-18,20,23H,4,6,12-13H2,1H3/t17-,18-,20-/m1/s1. The van der Waals surface area contributed by atoms with Gasteiger partial charge in [-0.25, -0.2) is 4.39 Å². The Labute approximate surface area is 153 Å². The lowest BCUT2D eigenvalue weighted by molar-refractivity contribution is 0.0575. The van der Waals surface area contributed by atoms with Crippen molar-refractivity contribution in [3.8, 4) is 5.75 Å². The van der Waals surface area contributed by atoms with Gasteiger partial charge in [0.1, 0.15) is 11.6 Å². The molecule has 4 rings (SSSR count). The van der Waals surface area contributed by atoms with Crippen LogP contribution in [0.25, 0.3) is 0 Å². The van der Waals surface area contributed by atoms with E-state index in [1.807, 2.05) is 41.3 Å². The molecule has 0 radical (unpaired) electrons. The van der Waals surface area contributed by atoms with E-state index in [1.165, 1.54) is 12.1 Å². The van der Waals surface area contributed by atoms with Crippen molar-refractivity contribution in [3.63, 3.8) is 0 Å². The second-order valence-electron chi connectivity index (χ2n) is 7.00. The third-order valence-corrected chi connectivity index (χ3v) is 5.59. The number of hydrogen-bond acceptors (Lipinski definition) is 3. The summed E-state index contributed by atoms with van der Waals surface area (Å²) in [5.74, 6) is 0.540. The molecule has 3 atom stereocenters. The number of para-hydroxylation sites is 1. The molecule has 2 aliphatic rings. The number of rotatable bonds is 3. The quantitative estimate of drug-likeness (QED) is 0.920. The highest BCUT2D eigenvalue weighted by Gasteiger charge is 2.44. The van der Waals surface area contributed by atoms with Crippen molar-refractivity contribution in [2.75, 3.05) is 20.2 Å². The lowest BCUT2D eigenvalue weighted by Crippen LogP contribution is -2.52. The molecule has 2 heterocycles. The zero-order chi connectivity index (χ0) is 18.1. The van der Waals surface area contributed by atoms with Gasteiger partial charge in [0, 0.05) is 25.0 Å². The van der Waals surface area contributed by atoms with E-state index in [9.17, 15) is 9.18 Å². The summed E-state index contributed by atoms with van der Waals surface area (Å²) in [6.07, 6.45) is 2.03. The summed E-state index contributed by atoms with van der Waals surface area (Å²) in [4.78, 5) is 15.3. The molecular weight excluding hydrogens is 331 g/mol. The minimum absolute atomic E-state index is 0.00737. The Morgan fingerprint density at radius 1 is 1.19 bits per heavy atom. The van der Waals surface area contributed by atoms with Crippen LogP contribution >= 0.6 is 0 Å². The minimum atomic E-state index is -0.234. The number of nitrogens with zero attached hydrogens (tertiary/aromatic N) is 1. The van der Waals surface area contributed by atoms with E-state index in [4.69, 9.17) is 4.74 Å².